The predicted molar refractivity (Wildman–Crippen MR) is 132 cm³/mol. The lowest BCUT2D eigenvalue weighted by atomic mass is 9.47. The van der Waals surface area contributed by atoms with Gasteiger partial charge in [0.15, 0.2) is 5.78 Å². The van der Waals surface area contributed by atoms with E-state index in [0.717, 1.165) is 49.8 Å². The van der Waals surface area contributed by atoms with Crippen LogP contribution in [0.4, 0.5) is 0 Å². The number of esters is 1. The molecule has 5 nitrogen and oxygen atoms in total. The second kappa shape index (κ2) is 9.25. The molecule has 6 atom stereocenters. The zero-order valence-corrected chi connectivity index (χ0v) is 21.3. The maximum Gasteiger partial charge on any atom is 0.306 e. The Balaban J connectivity index is 1.17. The summed E-state index contributed by atoms with van der Waals surface area (Å²) >= 11 is 1.61. The number of fused-ring (bicyclic) bond motifs is 5. The van der Waals surface area contributed by atoms with E-state index in [0.29, 0.717) is 36.5 Å². The van der Waals surface area contributed by atoms with E-state index < -0.39 is 0 Å². The van der Waals surface area contributed by atoms with E-state index in [-0.39, 0.29) is 41.7 Å². The van der Waals surface area contributed by atoms with Crippen molar-refractivity contribution in [3.05, 3.63) is 34.0 Å². The number of carbonyl (C=O) groups is 3. The van der Waals surface area contributed by atoms with Gasteiger partial charge in [0.1, 0.15) is 6.10 Å². The Morgan fingerprint density at radius 3 is 2.74 bits per heavy atom. The van der Waals surface area contributed by atoms with Gasteiger partial charge in [-0.05, 0) is 85.6 Å². The van der Waals surface area contributed by atoms with Gasteiger partial charge >= 0.3 is 5.97 Å². The molecule has 4 aliphatic rings. The highest BCUT2D eigenvalue weighted by Crippen LogP contribution is 2.65. The van der Waals surface area contributed by atoms with E-state index in [1.54, 1.807) is 11.3 Å². The number of nitrogens with one attached hydrogen (secondary N) is 1. The summed E-state index contributed by atoms with van der Waals surface area (Å²) in [5, 5.41) is 4.87. The van der Waals surface area contributed by atoms with Gasteiger partial charge in [-0.25, -0.2) is 0 Å². The van der Waals surface area contributed by atoms with Crippen LogP contribution in [0.2, 0.25) is 0 Å². The Hall–Kier alpha value is -1.95. The molecule has 1 heterocycles. The number of carbonyl (C=O) groups excluding carboxylic acids is 3. The first-order chi connectivity index (χ1) is 16.3. The Morgan fingerprint density at radius 2 is 1.94 bits per heavy atom. The molecule has 0 unspecified atom stereocenters. The minimum Gasteiger partial charge on any atom is -0.462 e. The lowest BCUT2D eigenvalue weighted by molar-refractivity contribution is -0.160. The molecule has 3 fully saturated rings. The second-order valence-electron chi connectivity index (χ2n) is 11.4. The smallest absolute Gasteiger partial charge is 0.306 e. The Bertz CT molecular complexity index is 985. The average Bonchev–Trinajstić information content (AvgIpc) is 3.45. The molecule has 0 bridgehead atoms. The van der Waals surface area contributed by atoms with Gasteiger partial charge in [-0.1, -0.05) is 25.5 Å². The van der Waals surface area contributed by atoms with Crippen molar-refractivity contribution in [1.82, 2.24) is 5.32 Å². The first-order valence-electron chi connectivity index (χ1n) is 13.0. The van der Waals surface area contributed by atoms with Gasteiger partial charge in [0.25, 0.3) is 0 Å². The van der Waals surface area contributed by atoms with Crippen LogP contribution in [0.25, 0.3) is 0 Å². The van der Waals surface area contributed by atoms with E-state index in [1.807, 2.05) is 23.6 Å². The molecular formula is C28H37NO4S. The molecule has 3 saturated carbocycles. The van der Waals surface area contributed by atoms with Gasteiger partial charge in [-0.3, -0.25) is 14.4 Å². The van der Waals surface area contributed by atoms with Gasteiger partial charge in [0, 0.05) is 23.1 Å². The minimum atomic E-state index is -0.244. The maximum atomic E-state index is 12.7. The maximum absolute atomic E-state index is 12.7. The summed E-state index contributed by atoms with van der Waals surface area (Å²) < 4.78 is 6.04. The number of rotatable bonds is 6. The van der Waals surface area contributed by atoms with E-state index in [9.17, 15) is 14.4 Å². The number of ether oxygens (including phenoxy) is 1. The molecule has 0 radical (unpaired) electrons. The molecule has 6 heteroatoms. The summed E-state index contributed by atoms with van der Waals surface area (Å²) in [4.78, 5) is 38.0. The molecule has 184 valence electrons. The molecule has 1 amide bonds. The van der Waals surface area contributed by atoms with Crippen molar-refractivity contribution in [2.45, 2.75) is 90.7 Å². The zero-order valence-electron chi connectivity index (χ0n) is 20.4. The van der Waals surface area contributed by atoms with Gasteiger partial charge < -0.3 is 10.1 Å². The highest BCUT2D eigenvalue weighted by molar-refractivity contribution is 7.09. The number of ketones is 1. The van der Waals surface area contributed by atoms with Crippen LogP contribution in [0.15, 0.2) is 29.2 Å². The molecule has 5 rings (SSSR count). The zero-order chi connectivity index (χ0) is 23.9. The van der Waals surface area contributed by atoms with Crippen molar-refractivity contribution < 1.29 is 19.1 Å². The SMILES string of the molecule is C[C@]12CC[C@@H]3[C@H](CCC4=CC(=O)CC[C@@]43C)[C@@H]1CC[C@H]2OC(=O)CCC(=O)NCc1cccs1. The molecule has 1 N–H and O–H groups in total. The summed E-state index contributed by atoms with van der Waals surface area (Å²) in [6.07, 6.45) is 10.4. The van der Waals surface area contributed by atoms with Gasteiger partial charge in [-0.15, -0.1) is 11.3 Å². The molecule has 0 spiro atoms. The van der Waals surface area contributed by atoms with Gasteiger partial charge in [-0.2, -0.15) is 0 Å². The van der Waals surface area contributed by atoms with Crippen molar-refractivity contribution in [3.8, 4) is 0 Å². The van der Waals surface area contributed by atoms with E-state index in [2.05, 4.69) is 19.2 Å². The van der Waals surface area contributed by atoms with Crippen molar-refractivity contribution >= 4 is 29.0 Å². The van der Waals surface area contributed by atoms with Crippen LogP contribution in [-0.2, 0) is 25.7 Å². The molecule has 0 saturated heterocycles. The van der Waals surface area contributed by atoms with E-state index in [1.165, 1.54) is 5.57 Å². The summed E-state index contributed by atoms with van der Waals surface area (Å²) in [7, 11) is 0. The van der Waals surface area contributed by atoms with E-state index in [4.69, 9.17) is 4.74 Å². The second-order valence-corrected chi connectivity index (χ2v) is 12.5. The van der Waals surface area contributed by atoms with Crippen molar-refractivity contribution in [3.63, 3.8) is 0 Å². The lowest BCUT2D eigenvalue weighted by Crippen LogP contribution is -2.51. The molecule has 1 aromatic rings. The predicted octanol–water partition coefficient (Wildman–Crippen LogP) is 5.59. The number of amides is 1. The molecule has 0 aliphatic heterocycles. The van der Waals surface area contributed by atoms with Crippen LogP contribution in [0.5, 0.6) is 0 Å². The number of thiophene rings is 1. The van der Waals surface area contributed by atoms with Crippen molar-refractivity contribution in [2.24, 2.45) is 28.6 Å². The highest BCUT2D eigenvalue weighted by atomic mass is 32.1. The Kier molecular flexibility index (Phi) is 6.47. The quantitative estimate of drug-likeness (QED) is 0.536. The summed E-state index contributed by atoms with van der Waals surface area (Å²) in [5.41, 5.74) is 1.59. The third kappa shape index (κ3) is 4.27. The fourth-order valence-corrected chi connectivity index (χ4v) is 8.47. The molecule has 0 aromatic carbocycles. The molecule has 4 aliphatic carbocycles. The largest absolute Gasteiger partial charge is 0.462 e. The number of hydrogen-bond donors (Lipinski definition) is 1. The van der Waals surface area contributed by atoms with Gasteiger partial charge in [0.2, 0.25) is 5.91 Å². The summed E-state index contributed by atoms with van der Waals surface area (Å²) in [5.74, 6) is 1.83. The fraction of sp³-hybridized carbons (Fsp3) is 0.679. The highest BCUT2D eigenvalue weighted by Gasteiger charge is 2.59. The normalized spacial score (nSPS) is 36.6. The van der Waals surface area contributed by atoms with Crippen LogP contribution in [0, 0.1) is 28.6 Å². The minimum absolute atomic E-state index is 0.0281. The fourth-order valence-electron chi connectivity index (χ4n) is 7.83. The lowest BCUT2D eigenvalue weighted by Gasteiger charge is -2.57. The van der Waals surface area contributed by atoms with E-state index >= 15 is 0 Å². The van der Waals surface area contributed by atoms with Gasteiger partial charge in [0.05, 0.1) is 13.0 Å². The van der Waals surface area contributed by atoms with Crippen LogP contribution in [0.3, 0.4) is 0 Å². The Labute approximate surface area is 206 Å². The molecular weight excluding hydrogens is 446 g/mol. The average molecular weight is 484 g/mol. The third-order valence-corrected chi connectivity index (χ3v) is 10.6. The number of allylic oxidation sites excluding steroid dienone is 1. The summed E-state index contributed by atoms with van der Waals surface area (Å²) in [6.45, 7) is 5.26. The number of hydrogen-bond acceptors (Lipinski definition) is 5. The third-order valence-electron chi connectivity index (χ3n) is 9.74. The van der Waals surface area contributed by atoms with Crippen LogP contribution in [-0.4, -0.2) is 23.8 Å². The first-order valence-corrected chi connectivity index (χ1v) is 13.9. The standard InChI is InChI=1S/C28H37NO4S/c1-27-13-11-19(30)16-18(27)5-6-21-22-7-8-24(28(22,2)14-12-23(21)27)33-26(32)10-9-25(31)29-17-20-4-3-15-34-20/h3-4,15-16,21-24H,5-14,17H2,1-2H3,(H,29,31)/t21-,22+,23-,24-,27+,28+/m1/s1. The van der Waals surface area contributed by atoms with Crippen LogP contribution < -0.4 is 5.32 Å². The molecule has 34 heavy (non-hydrogen) atoms. The summed E-state index contributed by atoms with van der Waals surface area (Å²) in [6, 6.07) is 3.95. The van der Waals surface area contributed by atoms with Crippen LogP contribution >= 0.6 is 11.3 Å². The topological polar surface area (TPSA) is 72.5 Å². The monoisotopic (exact) mass is 483 g/mol. The van der Waals surface area contributed by atoms with Crippen molar-refractivity contribution in [1.29, 1.82) is 0 Å². The molecule has 1 aromatic heterocycles. The first kappa shape index (κ1) is 23.8. The van der Waals surface area contributed by atoms with Crippen LogP contribution in [0.1, 0.15) is 82.9 Å². The van der Waals surface area contributed by atoms with Crippen molar-refractivity contribution in [2.75, 3.05) is 0 Å². The Morgan fingerprint density at radius 1 is 1.09 bits per heavy atom.